The Morgan fingerprint density at radius 3 is 2.69 bits per heavy atom. The molecule has 128 valence electrons. The van der Waals surface area contributed by atoms with E-state index in [2.05, 4.69) is 4.98 Å². The quantitative estimate of drug-likeness (QED) is 0.639. The van der Waals surface area contributed by atoms with Crippen molar-refractivity contribution in [1.82, 2.24) is 14.3 Å². The summed E-state index contributed by atoms with van der Waals surface area (Å²) in [5.74, 6) is 0.132. The van der Waals surface area contributed by atoms with Gasteiger partial charge >= 0.3 is 0 Å². The Bertz CT molecular complexity index is 963. The van der Waals surface area contributed by atoms with Crippen molar-refractivity contribution in [2.24, 2.45) is 0 Å². The Hall–Kier alpha value is -3.84. The highest BCUT2D eigenvalue weighted by Gasteiger charge is 2.15. The van der Waals surface area contributed by atoms with Crippen molar-refractivity contribution in [2.45, 2.75) is 6.61 Å². The second-order valence-corrected chi connectivity index (χ2v) is 5.49. The summed E-state index contributed by atoms with van der Waals surface area (Å²) in [6, 6.07) is 16.2. The molecule has 0 saturated carbocycles. The van der Waals surface area contributed by atoms with E-state index in [9.17, 15) is 4.79 Å². The average molecular weight is 345 g/mol. The third-order valence-corrected chi connectivity index (χ3v) is 3.69. The second kappa shape index (κ2) is 7.82. The third-order valence-electron chi connectivity index (χ3n) is 3.69. The summed E-state index contributed by atoms with van der Waals surface area (Å²) in [4.78, 5) is 18.1. The molecule has 1 aromatic carbocycles. The molecule has 2 heterocycles. The lowest BCUT2D eigenvalue weighted by Crippen LogP contribution is -2.31. The van der Waals surface area contributed by atoms with Crippen LogP contribution in [0.2, 0.25) is 0 Å². The van der Waals surface area contributed by atoms with Gasteiger partial charge in [-0.3, -0.25) is 4.79 Å². The van der Waals surface area contributed by atoms with Crippen LogP contribution in [0.15, 0.2) is 54.9 Å². The second-order valence-electron chi connectivity index (χ2n) is 5.49. The average Bonchev–Trinajstić information content (AvgIpc) is 3.09. The lowest BCUT2D eigenvalue weighted by atomic mass is 10.2. The van der Waals surface area contributed by atoms with Crippen LogP contribution in [0.5, 0.6) is 5.75 Å². The Labute approximate surface area is 150 Å². The number of fused-ring (bicyclic) bond motifs is 1. The number of hydrogen-bond donors (Lipinski definition) is 0. The van der Waals surface area contributed by atoms with Crippen LogP contribution in [0.3, 0.4) is 0 Å². The first kappa shape index (κ1) is 17.0. The summed E-state index contributed by atoms with van der Waals surface area (Å²) >= 11 is 0. The fourth-order valence-electron chi connectivity index (χ4n) is 2.49. The summed E-state index contributed by atoms with van der Waals surface area (Å²) < 4.78 is 7.64. The van der Waals surface area contributed by atoms with E-state index in [0.717, 1.165) is 11.3 Å². The number of rotatable bonds is 6. The highest BCUT2D eigenvalue weighted by Crippen LogP contribution is 2.17. The van der Waals surface area contributed by atoms with Crippen LogP contribution in [0.4, 0.5) is 0 Å². The van der Waals surface area contributed by atoms with Gasteiger partial charge in [-0.15, -0.1) is 0 Å². The highest BCUT2D eigenvalue weighted by molar-refractivity contribution is 5.94. The van der Waals surface area contributed by atoms with Gasteiger partial charge in [0.15, 0.2) is 0 Å². The molecule has 0 bridgehead atoms. The maximum Gasteiger partial charge on any atom is 0.255 e. The van der Waals surface area contributed by atoms with Crippen molar-refractivity contribution < 1.29 is 9.53 Å². The van der Waals surface area contributed by atoms with Crippen molar-refractivity contribution in [3.63, 3.8) is 0 Å². The number of carbonyl (C=O) groups is 1. The monoisotopic (exact) mass is 345 g/mol. The minimum Gasteiger partial charge on any atom is -0.487 e. The van der Waals surface area contributed by atoms with E-state index in [1.807, 2.05) is 47.1 Å². The van der Waals surface area contributed by atoms with Gasteiger partial charge in [0.1, 0.15) is 31.1 Å². The zero-order valence-electron chi connectivity index (χ0n) is 13.9. The number of hydrogen-bond acceptors (Lipinski definition) is 5. The normalized spacial score (nSPS) is 10.1. The Kier molecular flexibility index (Phi) is 5.11. The summed E-state index contributed by atoms with van der Waals surface area (Å²) in [6.07, 6.45) is 3.79. The van der Waals surface area contributed by atoms with Gasteiger partial charge in [0.2, 0.25) is 0 Å². The molecular weight excluding hydrogens is 330 g/mol. The minimum absolute atomic E-state index is 0.140. The van der Waals surface area contributed by atoms with Crippen LogP contribution in [0.25, 0.3) is 5.65 Å². The number of nitrogens with zero attached hydrogens (tertiary/aromatic N) is 5. The van der Waals surface area contributed by atoms with E-state index < -0.39 is 0 Å². The number of nitriles is 2. The molecule has 7 heteroatoms. The predicted molar refractivity (Wildman–Crippen MR) is 93.1 cm³/mol. The molecule has 0 spiro atoms. The Balaban J connectivity index is 1.71. The van der Waals surface area contributed by atoms with E-state index in [1.165, 1.54) is 4.90 Å². The van der Waals surface area contributed by atoms with Crippen LogP contribution in [-0.2, 0) is 6.61 Å². The maximum absolute atomic E-state index is 12.4. The summed E-state index contributed by atoms with van der Waals surface area (Å²) in [6.45, 7) is -0.0170. The number of aromatic nitrogens is 2. The molecule has 0 aliphatic heterocycles. The van der Waals surface area contributed by atoms with Gasteiger partial charge in [0, 0.05) is 18.0 Å². The van der Waals surface area contributed by atoms with Gasteiger partial charge in [-0.1, -0.05) is 12.1 Å². The highest BCUT2D eigenvalue weighted by atomic mass is 16.5. The summed E-state index contributed by atoms with van der Waals surface area (Å²) in [5.41, 5.74) is 1.96. The van der Waals surface area contributed by atoms with Crippen molar-refractivity contribution in [3.8, 4) is 17.9 Å². The van der Waals surface area contributed by atoms with Crippen molar-refractivity contribution in [3.05, 3.63) is 66.1 Å². The number of pyridine rings is 1. The lowest BCUT2D eigenvalue weighted by molar-refractivity contribution is 0.0794. The first-order chi connectivity index (χ1) is 12.7. The molecule has 0 aliphatic carbocycles. The van der Waals surface area contributed by atoms with Crippen molar-refractivity contribution >= 4 is 11.6 Å². The van der Waals surface area contributed by atoms with E-state index in [-0.39, 0.29) is 25.6 Å². The zero-order valence-corrected chi connectivity index (χ0v) is 13.9. The van der Waals surface area contributed by atoms with Gasteiger partial charge in [-0.05, 0) is 30.3 Å². The fourth-order valence-corrected chi connectivity index (χ4v) is 2.49. The molecular formula is C19H15N5O2. The van der Waals surface area contributed by atoms with Crippen LogP contribution in [-0.4, -0.2) is 33.3 Å². The molecule has 3 rings (SSSR count). The first-order valence-corrected chi connectivity index (χ1v) is 7.90. The molecule has 0 fully saturated rings. The molecule has 0 N–H and O–H groups in total. The van der Waals surface area contributed by atoms with E-state index in [4.69, 9.17) is 15.3 Å². The molecule has 0 unspecified atom stereocenters. The van der Waals surface area contributed by atoms with Crippen LogP contribution < -0.4 is 4.74 Å². The van der Waals surface area contributed by atoms with Crippen molar-refractivity contribution in [1.29, 1.82) is 10.5 Å². The number of amides is 1. The molecule has 2 aromatic heterocycles. The summed E-state index contributed by atoms with van der Waals surface area (Å²) in [5, 5.41) is 17.6. The SMILES string of the molecule is N#CCN(CC#N)C(=O)c1cccc(OCc2cn3ccccc3n2)c1. The number of imidazole rings is 1. The molecule has 1 amide bonds. The zero-order chi connectivity index (χ0) is 18.4. The van der Waals surface area contributed by atoms with E-state index in [0.29, 0.717) is 11.3 Å². The predicted octanol–water partition coefficient (Wildman–Crippen LogP) is 2.40. The van der Waals surface area contributed by atoms with Gasteiger partial charge in [0.05, 0.1) is 17.8 Å². The molecule has 0 radical (unpaired) electrons. The molecule has 3 aromatic rings. The van der Waals surface area contributed by atoms with Crippen LogP contribution >= 0.6 is 0 Å². The first-order valence-electron chi connectivity index (χ1n) is 7.90. The molecule has 0 saturated heterocycles. The molecule has 7 nitrogen and oxygen atoms in total. The van der Waals surface area contributed by atoms with Crippen LogP contribution in [0.1, 0.15) is 16.1 Å². The molecule has 26 heavy (non-hydrogen) atoms. The summed E-state index contributed by atoms with van der Waals surface area (Å²) in [7, 11) is 0. The molecule has 0 aliphatic rings. The fraction of sp³-hybridized carbons (Fsp3) is 0.158. The van der Waals surface area contributed by atoms with Gasteiger partial charge in [0.25, 0.3) is 5.91 Å². The van der Waals surface area contributed by atoms with Gasteiger partial charge in [-0.25, -0.2) is 4.98 Å². The third kappa shape index (κ3) is 3.80. The number of ether oxygens (including phenoxy) is 1. The van der Waals surface area contributed by atoms with Gasteiger partial charge < -0.3 is 14.0 Å². The van der Waals surface area contributed by atoms with Gasteiger partial charge in [-0.2, -0.15) is 10.5 Å². The lowest BCUT2D eigenvalue weighted by Gasteiger charge is -2.16. The minimum atomic E-state index is -0.383. The standard InChI is InChI=1S/C19H15N5O2/c20-7-10-23(11-8-21)19(25)15-4-3-5-17(12-15)26-14-16-13-24-9-2-1-6-18(24)22-16/h1-6,9,12-13H,10-11,14H2. The Morgan fingerprint density at radius 1 is 1.15 bits per heavy atom. The largest absolute Gasteiger partial charge is 0.487 e. The smallest absolute Gasteiger partial charge is 0.255 e. The number of benzene rings is 1. The maximum atomic E-state index is 12.4. The van der Waals surface area contributed by atoms with E-state index in [1.54, 1.807) is 24.3 Å². The van der Waals surface area contributed by atoms with Crippen LogP contribution in [0, 0.1) is 22.7 Å². The molecule has 0 atom stereocenters. The van der Waals surface area contributed by atoms with Crippen molar-refractivity contribution in [2.75, 3.05) is 13.1 Å². The Morgan fingerprint density at radius 2 is 1.96 bits per heavy atom. The topological polar surface area (TPSA) is 94.4 Å². The van der Waals surface area contributed by atoms with E-state index >= 15 is 0 Å². The number of carbonyl (C=O) groups excluding carboxylic acids is 1.